The zero-order chi connectivity index (χ0) is 20.3. The summed E-state index contributed by atoms with van der Waals surface area (Å²) < 4.78 is 50.1. The third kappa shape index (κ3) is 4.51. The van der Waals surface area contributed by atoms with E-state index in [9.17, 15) is 18.0 Å². The largest absolute Gasteiger partial charge is 0.461 e. The Morgan fingerprint density at radius 3 is 2.68 bits per heavy atom. The quantitative estimate of drug-likeness (QED) is 0.681. The summed E-state index contributed by atoms with van der Waals surface area (Å²) in [6.07, 6.45) is -3.18. The molecule has 0 bridgehead atoms. The van der Waals surface area contributed by atoms with Crippen LogP contribution in [0.5, 0.6) is 0 Å². The van der Waals surface area contributed by atoms with Crippen molar-refractivity contribution in [2.75, 3.05) is 24.3 Å². The van der Waals surface area contributed by atoms with E-state index in [2.05, 4.69) is 15.5 Å². The number of alkyl halides is 3. The van der Waals surface area contributed by atoms with Crippen molar-refractivity contribution in [2.24, 2.45) is 0 Å². The Kier molecular flexibility index (Phi) is 5.39. The van der Waals surface area contributed by atoms with Gasteiger partial charge in [0.05, 0.1) is 17.5 Å². The SMILES string of the molecule is CN(C)c1ccc(NC(=O)CCc2nc(-c3ccco3)no2)c(C(F)(F)F)c1. The second-order valence-corrected chi connectivity index (χ2v) is 6.16. The monoisotopic (exact) mass is 394 g/mol. The predicted molar refractivity (Wildman–Crippen MR) is 94.7 cm³/mol. The van der Waals surface area contributed by atoms with Crippen molar-refractivity contribution < 1.29 is 26.9 Å². The van der Waals surface area contributed by atoms with E-state index in [0.29, 0.717) is 11.4 Å². The number of halogens is 3. The Morgan fingerprint density at radius 1 is 1.25 bits per heavy atom. The molecule has 0 spiro atoms. The minimum absolute atomic E-state index is 0.0800. The fraction of sp³-hybridized carbons (Fsp3) is 0.278. The molecule has 7 nitrogen and oxygen atoms in total. The Bertz CT molecular complexity index is 949. The summed E-state index contributed by atoms with van der Waals surface area (Å²) >= 11 is 0. The van der Waals surface area contributed by atoms with E-state index in [1.54, 1.807) is 31.1 Å². The van der Waals surface area contributed by atoms with Gasteiger partial charge in [-0.25, -0.2) is 0 Å². The smallest absolute Gasteiger partial charge is 0.418 e. The number of amides is 1. The lowest BCUT2D eigenvalue weighted by Gasteiger charge is -2.18. The zero-order valence-corrected chi connectivity index (χ0v) is 15.1. The van der Waals surface area contributed by atoms with Gasteiger partial charge in [0.1, 0.15) is 0 Å². The third-order valence-electron chi connectivity index (χ3n) is 3.87. The van der Waals surface area contributed by atoms with Gasteiger partial charge in [0.25, 0.3) is 0 Å². The van der Waals surface area contributed by atoms with E-state index < -0.39 is 17.6 Å². The molecule has 1 amide bonds. The first-order chi connectivity index (χ1) is 13.2. The van der Waals surface area contributed by atoms with Gasteiger partial charge in [0.2, 0.25) is 17.6 Å². The van der Waals surface area contributed by atoms with E-state index in [1.807, 2.05) is 0 Å². The van der Waals surface area contributed by atoms with Crippen molar-refractivity contribution in [3.05, 3.63) is 48.0 Å². The molecule has 28 heavy (non-hydrogen) atoms. The molecule has 0 aliphatic heterocycles. The first kappa shape index (κ1) is 19.5. The highest BCUT2D eigenvalue weighted by Crippen LogP contribution is 2.37. The number of carbonyl (C=O) groups excluding carboxylic acids is 1. The fourth-order valence-corrected chi connectivity index (χ4v) is 2.45. The molecular formula is C18H17F3N4O3. The molecule has 3 rings (SSSR count). The highest BCUT2D eigenvalue weighted by Gasteiger charge is 2.34. The first-order valence-corrected chi connectivity index (χ1v) is 8.29. The van der Waals surface area contributed by atoms with E-state index in [0.717, 1.165) is 6.07 Å². The van der Waals surface area contributed by atoms with Crippen LogP contribution in [0.4, 0.5) is 24.5 Å². The maximum Gasteiger partial charge on any atom is 0.418 e. The average Bonchev–Trinajstić information content (AvgIpc) is 3.30. The molecule has 2 heterocycles. The molecule has 148 valence electrons. The van der Waals surface area contributed by atoms with E-state index in [4.69, 9.17) is 8.94 Å². The van der Waals surface area contributed by atoms with Crippen LogP contribution in [0, 0.1) is 0 Å². The number of carbonyl (C=O) groups is 1. The minimum Gasteiger partial charge on any atom is -0.461 e. The highest BCUT2D eigenvalue weighted by atomic mass is 19.4. The molecule has 2 aromatic heterocycles. The molecule has 3 aromatic rings. The molecule has 1 N–H and O–H groups in total. The molecule has 0 fully saturated rings. The number of anilines is 2. The van der Waals surface area contributed by atoms with Crippen LogP contribution in [0.1, 0.15) is 17.9 Å². The van der Waals surface area contributed by atoms with Crippen LogP contribution in [0.2, 0.25) is 0 Å². The fourth-order valence-electron chi connectivity index (χ4n) is 2.45. The molecule has 0 saturated carbocycles. The molecule has 0 aliphatic carbocycles. The lowest BCUT2D eigenvalue weighted by atomic mass is 10.1. The van der Waals surface area contributed by atoms with Crippen LogP contribution < -0.4 is 10.2 Å². The summed E-state index contributed by atoms with van der Waals surface area (Å²) in [6, 6.07) is 7.04. The lowest BCUT2D eigenvalue weighted by Crippen LogP contribution is -2.18. The summed E-state index contributed by atoms with van der Waals surface area (Å²) in [4.78, 5) is 17.8. The Labute approximate surface area is 158 Å². The summed E-state index contributed by atoms with van der Waals surface area (Å²) in [5.41, 5.74) is -0.837. The number of aromatic nitrogens is 2. The second kappa shape index (κ2) is 7.75. The van der Waals surface area contributed by atoms with E-state index >= 15 is 0 Å². The Balaban J connectivity index is 1.66. The summed E-state index contributed by atoms with van der Waals surface area (Å²) in [7, 11) is 3.27. The summed E-state index contributed by atoms with van der Waals surface area (Å²) in [5.74, 6) is 0.232. The van der Waals surface area contributed by atoms with Crippen LogP contribution in [-0.4, -0.2) is 30.1 Å². The number of hydrogen-bond donors (Lipinski definition) is 1. The lowest BCUT2D eigenvalue weighted by molar-refractivity contribution is -0.136. The maximum atomic E-state index is 13.3. The van der Waals surface area contributed by atoms with Gasteiger partial charge in [-0.2, -0.15) is 18.2 Å². The Hall–Kier alpha value is -3.30. The topological polar surface area (TPSA) is 84.4 Å². The third-order valence-corrected chi connectivity index (χ3v) is 3.87. The van der Waals surface area contributed by atoms with E-state index in [-0.39, 0.29) is 30.2 Å². The van der Waals surface area contributed by atoms with Crippen molar-refractivity contribution in [2.45, 2.75) is 19.0 Å². The van der Waals surface area contributed by atoms with Crippen LogP contribution in [0.3, 0.4) is 0 Å². The number of hydrogen-bond acceptors (Lipinski definition) is 6. The Morgan fingerprint density at radius 2 is 2.04 bits per heavy atom. The van der Waals surface area contributed by atoms with Crippen molar-refractivity contribution >= 4 is 17.3 Å². The van der Waals surface area contributed by atoms with Crippen LogP contribution in [0.15, 0.2) is 45.5 Å². The standard InChI is InChI=1S/C18H17F3N4O3/c1-25(2)11-5-6-13(12(10-11)18(19,20)21)22-15(26)7-8-16-23-17(24-28-16)14-4-3-9-27-14/h3-6,9-10H,7-8H2,1-2H3,(H,22,26). The zero-order valence-electron chi connectivity index (χ0n) is 15.1. The summed E-state index contributed by atoms with van der Waals surface area (Å²) in [6.45, 7) is 0. The molecule has 0 atom stereocenters. The highest BCUT2D eigenvalue weighted by molar-refractivity contribution is 5.92. The first-order valence-electron chi connectivity index (χ1n) is 8.29. The number of aryl methyl sites for hydroxylation is 1. The normalized spacial score (nSPS) is 11.5. The molecule has 1 aromatic carbocycles. The predicted octanol–water partition coefficient (Wildman–Crippen LogP) is 3.99. The van der Waals surface area contributed by atoms with Crippen molar-refractivity contribution in [3.63, 3.8) is 0 Å². The molecule has 10 heteroatoms. The van der Waals surface area contributed by atoms with Crippen LogP contribution >= 0.6 is 0 Å². The molecule has 0 radical (unpaired) electrons. The van der Waals surface area contributed by atoms with Crippen LogP contribution in [0.25, 0.3) is 11.6 Å². The number of benzene rings is 1. The molecule has 0 unspecified atom stereocenters. The van der Waals surface area contributed by atoms with Crippen molar-refractivity contribution in [1.29, 1.82) is 0 Å². The minimum atomic E-state index is -4.60. The van der Waals surface area contributed by atoms with Gasteiger partial charge in [0.15, 0.2) is 5.76 Å². The van der Waals surface area contributed by atoms with Gasteiger partial charge in [0, 0.05) is 32.6 Å². The van der Waals surface area contributed by atoms with E-state index in [1.165, 1.54) is 18.4 Å². The van der Waals surface area contributed by atoms with Crippen LogP contribution in [-0.2, 0) is 17.4 Å². The van der Waals surface area contributed by atoms with Gasteiger partial charge in [-0.15, -0.1) is 0 Å². The molecule has 0 saturated heterocycles. The number of nitrogens with zero attached hydrogens (tertiary/aromatic N) is 3. The molecule has 0 aliphatic rings. The number of nitrogens with one attached hydrogen (secondary N) is 1. The van der Waals surface area contributed by atoms with Crippen molar-refractivity contribution in [3.8, 4) is 11.6 Å². The number of rotatable bonds is 6. The average molecular weight is 394 g/mol. The van der Waals surface area contributed by atoms with Gasteiger partial charge >= 0.3 is 6.18 Å². The van der Waals surface area contributed by atoms with Gasteiger partial charge in [-0.05, 0) is 30.3 Å². The summed E-state index contributed by atoms with van der Waals surface area (Å²) in [5, 5.41) is 6.03. The van der Waals surface area contributed by atoms with Gasteiger partial charge in [-0.3, -0.25) is 4.79 Å². The maximum absolute atomic E-state index is 13.3. The second-order valence-electron chi connectivity index (χ2n) is 6.16. The van der Waals surface area contributed by atoms with Gasteiger partial charge in [-0.1, -0.05) is 5.16 Å². The van der Waals surface area contributed by atoms with Crippen molar-refractivity contribution in [1.82, 2.24) is 10.1 Å². The molecular weight excluding hydrogens is 377 g/mol. The number of furan rings is 1. The van der Waals surface area contributed by atoms with Gasteiger partial charge < -0.3 is 19.2 Å².